The van der Waals surface area contributed by atoms with E-state index in [1.54, 1.807) is 24.3 Å². The number of rotatable bonds is 9. The van der Waals surface area contributed by atoms with E-state index >= 15 is 0 Å². The Hall–Kier alpha value is -3.27. The Morgan fingerprint density at radius 2 is 1.39 bits per heavy atom. The molecule has 1 aromatic heterocycles. The maximum absolute atomic E-state index is 13.7. The van der Waals surface area contributed by atoms with Crippen LogP contribution in [0.4, 0.5) is 8.78 Å². The van der Waals surface area contributed by atoms with Gasteiger partial charge in [0.1, 0.15) is 11.6 Å². The third-order valence-corrected chi connectivity index (χ3v) is 5.96. The van der Waals surface area contributed by atoms with Gasteiger partial charge in [0.05, 0.1) is 11.4 Å². The predicted molar refractivity (Wildman–Crippen MR) is 133 cm³/mol. The fraction of sp³-hybridized carbons (Fsp3) is 0.276. The normalized spacial score (nSPS) is 12.5. The molecule has 0 aliphatic carbocycles. The first-order valence-corrected chi connectivity index (χ1v) is 11.4. The lowest BCUT2D eigenvalue weighted by atomic mass is 9.94. The van der Waals surface area contributed by atoms with Gasteiger partial charge in [-0.25, -0.2) is 8.78 Å². The summed E-state index contributed by atoms with van der Waals surface area (Å²) in [5, 5.41) is 0. The molecule has 0 saturated heterocycles. The van der Waals surface area contributed by atoms with Crippen LogP contribution in [0.5, 0.6) is 0 Å². The number of carbonyl (C=O) groups is 1. The Balaban J connectivity index is 2.31. The van der Waals surface area contributed by atoms with Gasteiger partial charge in [0.15, 0.2) is 6.29 Å². The Morgan fingerprint density at radius 3 is 1.82 bits per heavy atom. The number of nitrogens with zero attached hydrogens (tertiary/aromatic N) is 1. The molecule has 3 aromatic rings. The minimum atomic E-state index is -0.348. The average molecular weight is 448 g/mol. The Bertz CT molecular complexity index is 1150. The molecule has 3 rings (SSSR count). The highest BCUT2D eigenvalue weighted by Gasteiger charge is 2.25. The van der Waals surface area contributed by atoms with Gasteiger partial charge in [-0.05, 0) is 67.7 Å². The summed E-state index contributed by atoms with van der Waals surface area (Å²) >= 11 is 0. The van der Waals surface area contributed by atoms with E-state index in [1.807, 2.05) is 30.6 Å². The maximum Gasteiger partial charge on any atom is 0.167 e. The monoisotopic (exact) mass is 447 g/mol. The van der Waals surface area contributed by atoms with Crippen LogP contribution >= 0.6 is 0 Å². The smallest absolute Gasteiger partial charge is 0.167 e. The van der Waals surface area contributed by atoms with Crippen LogP contribution in [0.1, 0.15) is 62.8 Å². The molecule has 0 aliphatic heterocycles. The van der Waals surface area contributed by atoms with E-state index < -0.39 is 0 Å². The largest absolute Gasteiger partial charge is 0.335 e. The van der Waals surface area contributed by atoms with Crippen molar-refractivity contribution < 1.29 is 13.6 Å². The molecule has 172 valence electrons. The fourth-order valence-corrected chi connectivity index (χ4v) is 4.14. The molecule has 0 spiro atoms. The van der Waals surface area contributed by atoms with Crippen LogP contribution < -0.4 is 0 Å². The minimum absolute atomic E-state index is 0.0129. The number of hydrogen-bond donors (Lipinski definition) is 0. The van der Waals surface area contributed by atoms with Crippen molar-refractivity contribution in [3.63, 3.8) is 0 Å². The van der Waals surface area contributed by atoms with Crippen LogP contribution in [0.3, 0.4) is 0 Å². The van der Waals surface area contributed by atoms with Crippen molar-refractivity contribution in [2.45, 2.75) is 46.6 Å². The van der Waals surface area contributed by atoms with Crippen molar-refractivity contribution in [3.8, 4) is 22.3 Å². The van der Waals surface area contributed by atoms with E-state index in [1.165, 1.54) is 24.3 Å². The average Bonchev–Trinajstić information content (AvgIpc) is 3.13. The molecular weight excluding hydrogens is 416 g/mol. The van der Waals surface area contributed by atoms with Crippen LogP contribution in [0.25, 0.3) is 28.3 Å². The molecule has 0 saturated carbocycles. The summed E-state index contributed by atoms with van der Waals surface area (Å²) in [5.74, 6) is -0.157. The SMILES string of the molecule is C=C(/C=C/c1c(-c2ccc(F)cc2)c(-c2ccc(F)cc2)c(C=O)n1C(C)C)CC(C)CC. The molecule has 0 fully saturated rings. The summed E-state index contributed by atoms with van der Waals surface area (Å²) in [7, 11) is 0. The lowest BCUT2D eigenvalue weighted by Crippen LogP contribution is -2.07. The summed E-state index contributed by atoms with van der Waals surface area (Å²) in [6, 6.07) is 12.3. The molecule has 33 heavy (non-hydrogen) atoms. The Morgan fingerprint density at radius 1 is 0.909 bits per heavy atom. The van der Waals surface area contributed by atoms with Gasteiger partial charge in [0.2, 0.25) is 0 Å². The molecule has 1 atom stereocenters. The van der Waals surface area contributed by atoms with Crippen molar-refractivity contribution in [2.24, 2.45) is 5.92 Å². The standard InChI is InChI=1S/C29H31F2NO/c1-6-20(4)17-21(5)7-16-26-28(22-8-12-24(30)13-9-22)29(23-10-14-25(31)15-11-23)27(18-33)32(26)19(2)3/h7-16,18-20H,5-6,17H2,1-4H3/b16-7+. The zero-order valence-electron chi connectivity index (χ0n) is 19.7. The third-order valence-electron chi connectivity index (χ3n) is 5.96. The molecule has 0 amide bonds. The summed E-state index contributed by atoms with van der Waals surface area (Å²) in [4.78, 5) is 12.4. The molecule has 0 aliphatic rings. The highest BCUT2D eigenvalue weighted by molar-refractivity contribution is 5.99. The van der Waals surface area contributed by atoms with E-state index in [4.69, 9.17) is 0 Å². The van der Waals surface area contributed by atoms with E-state index in [-0.39, 0.29) is 17.7 Å². The second-order valence-corrected chi connectivity index (χ2v) is 8.82. The zero-order chi connectivity index (χ0) is 24.1. The third kappa shape index (κ3) is 5.39. The second-order valence-electron chi connectivity index (χ2n) is 8.82. The Kier molecular flexibility index (Phi) is 7.80. The van der Waals surface area contributed by atoms with Crippen LogP contribution in [-0.4, -0.2) is 10.9 Å². The van der Waals surface area contributed by atoms with Crippen molar-refractivity contribution in [2.75, 3.05) is 0 Å². The summed E-state index contributed by atoms with van der Waals surface area (Å²) in [6.07, 6.45) is 6.78. The first-order valence-electron chi connectivity index (χ1n) is 11.4. The number of carbonyl (C=O) groups excluding carboxylic acids is 1. The van der Waals surface area contributed by atoms with Crippen molar-refractivity contribution in [1.29, 1.82) is 0 Å². The Labute approximate surface area is 195 Å². The fourth-order valence-electron chi connectivity index (χ4n) is 4.14. The van der Waals surface area contributed by atoms with Gasteiger partial charge in [-0.2, -0.15) is 0 Å². The summed E-state index contributed by atoms with van der Waals surface area (Å²) < 4.78 is 29.4. The molecule has 2 aromatic carbocycles. The lowest BCUT2D eigenvalue weighted by molar-refractivity contribution is 0.111. The number of hydrogen-bond acceptors (Lipinski definition) is 1. The quantitative estimate of drug-likeness (QED) is 0.238. The van der Waals surface area contributed by atoms with E-state index in [0.717, 1.165) is 47.1 Å². The zero-order valence-corrected chi connectivity index (χ0v) is 19.7. The molecule has 2 nitrogen and oxygen atoms in total. The summed E-state index contributed by atoms with van der Waals surface area (Å²) in [5.41, 5.74) is 5.37. The molecule has 0 radical (unpaired) electrons. The number of aldehydes is 1. The molecule has 1 unspecified atom stereocenters. The molecule has 0 N–H and O–H groups in total. The van der Waals surface area contributed by atoms with Gasteiger partial charge in [-0.3, -0.25) is 4.79 Å². The van der Waals surface area contributed by atoms with E-state index in [2.05, 4.69) is 20.4 Å². The van der Waals surface area contributed by atoms with Gasteiger partial charge in [0, 0.05) is 17.2 Å². The van der Waals surface area contributed by atoms with Crippen LogP contribution in [-0.2, 0) is 0 Å². The first kappa shape index (κ1) is 24.4. The summed E-state index contributed by atoms with van der Waals surface area (Å²) in [6.45, 7) is 12.6. The van der Waals surface area contributed by atoms with Gasteiger partial charge in [0.25, 0.3) is 0 Å². The van der Waals surface area contributed by atoms with Crippen molar-refractivity contribution in [3.05, 3.63) is 89.8 Å². The van der Waals surface area contributed by atoms with Crippen LogP contribution in [0, 0.1) is 17.6 Å². The first-order chi connectivity index (χ1) is 15.8. The van der Waals surface area contributed by atoms with Gasteiger partial charge in [-0.15, -0.1) is 0 Å². The lowest BCUT2D eigenvalue weighted by Gasteiger charge is -2.14. The maximum atomic E-state index is 13.7. The van der Waals surface area contributed by atoms with E-state index in [9.17, 15) is 13.6 Å². The topological polar surface area (TPSA) is 22.0 Å². The second kappa shape index (κ2) is 10.6. The predicted octanol–water partition coefficient (Wildman–Crippen LogP) is 8.50. The van der Waals surface area contributed by atoms with Gasteiger partial charge >= 0.3 is 0 Å². The van der Waals surface area contributed by atoms with Crippen molar-refractivity contribution >= 4 is 12.4 Å². The van der Waals surface area contributed by atoms with Crippen molar-refractivity contribution in [1.82, 2.24) is 4.57 Å². The number of benzene rings is 2. The molecule has 1 heterocycles. The van der Waals surface area contributed by atoms with E-state index in [0.29, 0.717) is 17.2 Å². The molecule has 4 heteroatoms. The van der Waals surface area contributed by atoms with Gasteiger partial charge < -0.3 is 4.57 Å². The molecular formula is C29H31F2NO. The van der Waals surface area contributed by atoms with Crippen LogP contribution in [0.15, 0.2) is 66.8 Å². The highest BCUT2D eigenvalue weighted by atomic mass is 19.1. The van der Waals surface area contributed by atoms with Gasteiger partial charge in [-0.1, -0.05) is 62.8 Å². The number of allylic oxidation sites excluding steroid dienone is 2. The minimum Gasteiger partial charge on any atom is -0.335 e. The highest BCUT2D eigenvalue weighted by Crippen LogP contribution is 2.42. The number of halogens is 2. The van der Waals surface area contributed by atoms with Crippen LogP contribution in [0.2, 0.25) is 0 Å². The molecule has 0 bridgehead atoms. The number of aromatic nitrogens is 1.